The highest BCUT2D eigenvalue weighted by Crippen LogP contribution is 2.49. The van der Waals surface area contributed by atoms with Crippen LogP contribution in [0, 0.1) is 0 Å². The van der Waals surface area contributed by atoms with Gasteiger partial charge in [-0.1, -0.05) is 25.1 Å². The summed E-state index contributed by atoms with van der Waals surface area (Å²) in [5, 5.41) is 17.3. The maximum atomic E-state index is 9.98. The third-order valence-electron chi connectivity index (χ3n) is 6.76. The molecule has 6 heteroatoms. The van der Waals surface area contributed by atoms with Crippen molar-refractivity contribution in [2.45, 2.75) is 44.4 Å². The molecule has 0 saturated carbocycles. The minimum Gasteiger partial charge on any atom is -0.504 e. The predicted octanol–water partition coefficient (Wildman–Crippen LogP) is 2.73. The molecule has 0 amide bonds. The van der Waals surface area contributed by atoms with Crippen LogP contribution in [0.1, 0.15) is 49.8 Å². The number of quaternary nitrogens is 1. The van der Waals surface area contributed by atoms with E-state index in [1.807, 2.05) is 12.1 Å². The molecule has 1 saturated heterocycles. The van der Waals surface area contributed by atoms with Crippen molar-refractivity contribution < 1.29 is 19.5 Å². The van der Waals surface area contributed by atoms with E-state index >= 15 is 0 Å². The number of ether oxygens (including phenoxy) is 2. The highest BCUT2D eigenvalue weighted by Gasteiger charge is 2.52. The minimum atomic E-state index is -0.376. The van der Waals surface area contributed by atoms with Gasteiger partial charge >= 0.3 is 0 Å². The molecule has 3 aliphatic rings. The highest BCUT2D eigenvalue weighted by atomic mass is 16.5. The number of phenols is 1. The molecule has 2 aromatic rings. The number of rotatable bonds is 4. The minimum absolute atomic E-state index is 0.147. The Hall–Kier alpha value is -2.73. The summed E-state index contributed by atoms with van der Waals surface area (Å²) < 4.78 is 12.0. The zero-order valence-electron chi connectivity index (χ0n) is 17.7. The second kappa shape index (κ2) is 7.51. The van der Waals surface area contributed by atoms with Gasteiger partial charge in [0.1, 0.15) is 5.75 Å². The third-order valence-corrected chi connectivity index (χ3v) is 6.76. The number of phenolic OH excluding ortho intramolecular Hbond substituents is 1. The van der Waals surface area contributed by atoms with Crippen molar-refractivity contribution in [1.29, 1.82) is 0 Å². The normalized spacial score (nSPS) is 27.3. The van der Waals surface area contributed by atoms with E-state index in [0.29, 0.717) is 5.75 Å². The first-order chi connectivity index (χ1) is 14.6. The first-order valence-electron chi connectivity index (χ1n) is 11.0. The number of nitrogens with zero attached hydrogens (tertiary/aromatic N) is 2. The van der Waals surface area contributed by atoms with Gasteiger partial charge in [-0.25, -0.2) is 5.01 Å². The molecule has 1 atom stereocenters. The van der Waals surface area contributed by atoms with E-state index < -0.39 is 0 Å². The molecule has 0 radical (unpaired) electrons. The molecular formula is C24H30N3O3+. The lowest BCUT2D eigenvalue weighted by molar-refractivity contribution is -0.908. The van der Waals surface area contributed by atoms with Gasteiger partial charge in [0.15, 0.2) is 11.5 Å². The summed E-state index contributed by atoms with van der Waals surface area (Å²) in [5.74, 6) is 1.62. The average Bonchev–Trinajstić information content (AvgIpc) is 3.23. The van der Waals surface area contributed by atoms with Crippen molar-refractivity contribution in [2.75, 3.05) is 26.7 Å². The number of piperidine rings is 1. The van der Waals surface area contributed by atoms with Gasteiger partial charge in [0, 0.05) is 17.5 Å². The largest absolute Gasteiger partial charge is 0.504 e. The summed E-state index contributed by atoms with van der Waals surface area (Å²) in [7, 11) is 1.57. The molecular weight excluding hydrogens is 378 g/mol. The van der Waals surface area contributed by atoms with E-state index in [9.17, 15) is 5.11 Å². The Labute approximate surface area is 177 Å². The van der Waals surface area contributed by atoms with Crippen LogP contribution < -0.4 is 14.4 Å². The number of aromatic hydroxyl groups is 1. The second-order valence-corrected chi connectivity index (χ2v) is 8.58. The summed E-state index contributed by atoms with van der Waals surface area (Å²) in [6.45, 7) is 5.69. The lowest BCUT2D eigenvalue weighted by atomic mass is 9.90. The van der Waals surface area contributed by atoms with E-state index in [1.165, 1.54) is 18.5 Å². The second-order valence-electron chi connectivity index (χ2n) is 8.58. The maximum absolute atomic E-state index is 9.98. The number of benzene rings is 2. The number of fused-ring (bicyclic) bond motifs is 4. The number of methoxy groups -OCH3 is 1. The summed E-state index contributed by atoms with van der Waals surface area (Å²) in [4.78, 5) is 1.66. The molecule has 3 aliphatic heterocycles. The van der Waals surface area contributed by atoms with Crippen LogP contribution in [0.4, 0.5) is 0 Å². The van der Waals surface area contributed by atoms with Crippen LogP contribution in [0.5, 0.6) is 17.2 Å². The Balaban J connectivity index is 1.51. The summed E-state index contributed by atoms with van der Waals surface area (Å²) in [6.07, 6.45) is 3.98. The van der Waals surface area contributed by atoms with E-state index in [-0.39, 0.29) is 17.5 Å². The third kappa shape index (κ3) is 3.10. The number of likely N-dealkylation sites (tertiary alicyclic amines) is 1. The smallest absolute Gasteiger partial charge is 0.208 e. The van der Waals surface area contributed by atoms with Gasteiger partial charge in [-0.2, -0.15) is 5.10 Å². The lowest BCUT2D eigenvalue weighted by Crippen LogP contribution is -3.14. The van der Waals surface area contributed by atoms with Gasteiger partial charge in [0.05, 0.1) is 51.3 Å². The monoisotopic (exact) mass is 408 g/mol. The fourth-order valence-electron chi connectivity index (χ4n) is 5.19. The van der Waals surface area contributed by atoms with Crippen LogP contribution in [-0.2, 0) is 0 Å². The molecule has 0 unspecified atom stereocenters. The molecule has 3 heterocycles. The van der Waals surface area contributed by atoms with Gasteiger partial charge in [-0.15, -0.1) is 0 Å². The highest BCUT2D eigenvalue weighted by molar-refractivity contribution is 6.02. The molecule has 6 nitrogen and oxygen atoms in total. The van der Waals surface area contributed by atoms with Crippen molar-refractivity contribution >= 4 is 5.71 Å². The van der Waals surface area contributed by atoms with Gasteiger partial charge in [-0.05, 0) is 30.7 Å². The zero-order valence-corrected chi connectivity index (χ0v) is 17.7. The molecule has 0 aromatic heterocycles. The molecule has 5 rings (SSSR count). The van der Waals surface area contributed by atoms with Crippen molar-refractivity contribution in [2.24, 2.45) is 5.10 Å². The molecule has 30 heavy (non-hydrogen) atoms. The number of hydrogen-bond acceptors (Lipinski definition) is 5. The zero-order chi connectivity index (χ0) is 20.7. The standard InChI is InChI=1S/C24H29N3O3/c1-3-12-26-13-10-24(11-14-26)27-20(18-6-4-5-7-22(18)30-24)16-19(25-27)17-8-9-21(28)23(15-17)29-2/h4-9,15,20,28H,3,10-14,16H2,1-2H3/p+1/t20-/m1/s1. The van der Waals surface area contributed by atoms with Crippen LogP contribution in [0.15, 0.2) is 47.6 Å². The Kier molecular flexibility index (Phi) is 4.82. The Bertz CT molecular complexity index is 966. The molecule has 1 fully saturated rings. The molecule has 1 spiro atoms. The van der Waals surface area contributed by atoms with Crippen molar-refractivity contribution in [3.8, 4) is 17.2 Å². The fourth-order valence-corrected chi connectivity index (χ4v) is 5.19. The number of hydrazone groups is 1. The van der Waals surface area contributed by atoms with Crippen LogP contribution in [0.2, 0.25) is 0 Å². The van der Waals surface area contributed by atoms with Gasteiger partial charge < -0.3 is 19.5 Å². The number of nitrogens with one attached hydrogen (secondary N) is 1. The molecule has 0 bridgehead atoms. The van der Waals surface area contributed by atoms with Gasteiger partial charge in [0.25, 0.3) is 0 Å². The number of para-hydroxylation sites is 1. The topological polar surface area (TPSA) is 58.7 Å². The molecule has 2 aromatic carbocycles. The fraction of sp³-hybridized carbons (Fsp3) is 0.458. The molecule has 2 N–H and O–H groups in total. The Morgan fingerprint density at radius 2 is 2.03 bits per heavy atom. The van der Waals surface area contributed by atoms with Crippen LogP contribution >= 0.6 is 0 Å². The average molecular weight is 409 g/mol. The van der Waals surface area contributed by atoms with Crippen molar-refractivity contribution in [1.82, 2.24) is 5.01 Å². The molecule has 158 valence electrons. The SMILES string of the molecule is CCC[NH+]1CCC2(CC1)Oc1ccccc1[C@H]1CC(c3ccc(O)c(OC)c3)=NN12. The van der Waals surface area contributed by atoms with E-state index in [4.69, 9.17) is 14.6 Å². The lowest BCUT2D eigenvalue weighted by Gasteiger charge is -2.50. The van der Waals surface area contributed by atoms with Gasteiger partial charge in [0.2, 0.25) is 5.72 Å². The summed E-state index contributed by atoms with van der Waals surface area (Å²) >= 11 is 0. The quantitative estimate of drug-likeness (QED) is 0.817. The first kappa shape index (κ1) is 19.2. The number of hydrogen-bond donors (Lipinski definition) is 2. The Morgan fingerprint density at radius 3 is 2.80 bits per heavy atom. The first-order valence-corrected chi connectivity index (χ1v) is 11.0. The maximum Gasteiger partial charge on any atom is 0.208 e. The van der Waals surface area contributed by atoms with E-state index in [0.717, 1.165) is 49.4 Å². The molecule has 0 aliphatic carbocycles. The Morgan fingerprint density at radius 1 is 1.23 bits per heavy atom. The van der Waals surface area contributed by atoms with Crippen LogP contribution in [-0.4, -0.2) is 48.3 Å². The van der Waals surface area contributed by atoms with E-state index in [1.54, 1.807) is 18.1 Å². The van der Waals surface area contributed by atoms with Crippen molar-refractivity contribution in [3.05, 3.63) is 53.6 Å². The van der Waals surface area contributed by atoms with Crippen molar-refractivity contribution in [3.63, 3.8) is 0 Å². The summed E-state index contributed by atoms with van der Waals surface area (Å²) in [5.41, 5.74) is 2.83. The summed E-state index contributed by atoms with van der Waals surface area (Å²) in [6, 6.07) is 14.0. The van der Waals surface area contributed by atoms with Crippen LogP contribution in [0.25, 0.3) is 0 Å². The predicted molar refractivity (Wildman–Crippen MR) is 115 cm³/mol. The van der Waals surface area contributed by atoms with E-state index in [2.05, 4.69) is 36.2 Å². The van der Waals surface area contributed by atoms with Crippen LogP contribution in [0.3, 0.4) is 0 Å². The van der Waals surface area contributed by atoms with Gasteiger partial charge in [-0.3, -0.25) is 0 Å².